The van der Waals surface area contributed by atoms with Crippen LogP contribution in [0.15, 0.2) is 41.0 Å². The SMILES string of the molecule is O=C(O)c1ccnc(NC(=O)c2cccc(Br)c2Cl)c1. The van der Waals surface area contributed by atoms with Crippen molar-refractivity contribution in [1.29, 1.82) is 0 Å². The molecule has 1 aromatic carbocycles. The molecule has 7 heteroatoms. The number of aromatic carboxylic acids is 1. The van der Waals surface area contributed by atoms with Gasteiger partial charge in [-0.3, -0.25) is 4.79 Å². The van der Waals surface area contributed by atoms with Gasteiger partial charge in [0.1, 0.15) is 5.82 Å². The number of hydrogen-bond acceptors (Lipinski definition) is 3. The van der Waals surface area contributed by atoms with Crippen LogP contribution >= 0.6 is 27.5 Å². The number of amides is 1. The van der Waals surface area contributed by atoms with Gasteiger partial charge in [0.2, 0.25) is 0 Å². The van der Waals surface area contributed by atoms with Crippen LogP contribution in [0.3, 0.4) is 0 Å². The summed E-state index contributed by atoms with van der Waals surface area (Å²) in [5.74, 6) is -1.42. The summed E-state index contributed by atoms with van der Waals surface area (Å²) in [7, 11) is 0. The zero-order chi connectivity index (χ0) is 14.7. The monoisotopic (exact) mass is 354 g/mol. The van der Waals surface area contributed by atoms with Crippen LogP contribution in [0.5, 0.6) is 0 Å². The Bertz CT molecular complexity index is 691. The standard InChI is InChI=1S/C13H8BrClN2O3/c14-9-3-1-2-8(11(9)15)12(18)17-10-6-7(13(19)20)4-5-16-10/h1-6H,(H,19,20)(H,16,17,18). The molecule has 0 saturated carbocycles. The molecule has 0 aliphatic heterocycles. The number of aromatic nitrogens is 1. The lowest BCUT2D eigenvalue weighted by Gasteiger charge is -2.07. The molecule has 0 unspecified atom stereocenters. The van der Waals surface area contributed by atoms with Crippen molar-refractivity contribution >= 4 is 45.2 Å². The third-order valence-electron chi connectivity index (χ3n) is 2.44. The number of anilines is 1. The summed E-state index contributed by atoms with van der Waals surface area (Å²) >= 11 is 9.24. The maximum absolute atomic E-state index is 12.1. The van der Waals surface area contributed by atoms with Crippen molar-refractivity contribution in [2.24, 2.45) is 0 Å². The topological polar surface area (TPSA) is 79.3 Å². The Morgan fingerprint density at radius 1 is 1.30 bits per heavy atom. The fourth-order valence-electron chi connectivity index (χ4n) is 1.49. The Kier molecular flexibility index (Phi) is 4.36. The quantitative estimate of drug-likeness (QED) is 0.884. The van der Waals surface area contributed by atoms with Gasteiger partial charge in [0.15, 0.2) is 0 Å². The van der Waals surface area contributed by atoms with Crippen LogP contribution in [0.25, 0.3) is 0 Å². The average Bonchev–Trinajstić information content (AvgIpc) is 2.42. The minimum absolute atomic E-state index is 0.0376. The third-order valence-corrected chi connectivity index (χ3v) is 3.74. The number of benzene rings is 1. The van der Waals surface area contributed by atoms with Crippen molar-refractivity contribution in [3.8, 4) is 0 Å². The van der Waals surface area contributed by atoms with Crippen LogP contribution in [0.4, 0.5) is 5.82 Å². The Balaban J connectivity index is 2.26. The molecule has 0 aliphatic carbocycles. The largest absolute Gasteiger partial charge is 0.478 e. The maximum atomic E-state index is 12.1. The molecule has 0 spiro atoms. The molecule has 0 aliphatic rings. The van der Waals surface area contributed by atoms with Gasteiger partial charge in [0, 0.05) is 10.7 Å². The Labute approximate surface area is 127 Å². The van der Waals surface area contributed by atoms with Gasteiger partial charge in [-0.1, -0.05) is 17.7 Å². The van der Waals surface area contributed by atoms with E-state index in [-0.39, 0.29) is 22.0 Å². The lowest BCUT2D eigenvalue weighted by Crippen LogP contribution is -2.14. The van der Waals surface area contributed by atoms with E-state index in [9.17, 15) is 9.59 Å². The molecule has 2 rings (SSSR count). The van der Waals surface area contributed by atoms with E-state index >= 15 is 0 Å². The third kappa shape index (κ3) is 3.15. The number of rotatable bonds is 3. The van der Waals surface area contributed by atoms with E-state index in [0.29, 0.717) is 4.47 Å². The van der Waals surface area contributed by atoms with E-state index in [0.717, 1.165) is 0 Å². The zero-order valence-corrected chi connectivity index (χ0v) is 12.3. The fourth-order valence-corrected chi connectivity index (χ4v) is 2.07. The lowest BCUT2D eigenvalue weighted by atomic mass is 10.2. The average molecular weight is 356 g/mol. The van der Waals surface area contributed by atoms with E-state index in [1.54, 1.807) is 18.2 Å². The first-order valence-electron chi connectivity index (χ1n) is 5.44. The van der Waals surface area contributed by atoms with Gasteiger partial charge in [-0.25, -0.2) is 9.78 Å². The lowest BCUT2D eigenvalue weighted by molar-refractivity contribution is 0.0696. The number of pyridine rings is 1. The number of carbonyl (C=O) groups excluding carboxylic acids is 1. The maximum Gasteiger partial charge on any atom is 0.335 e. The second-order valence-electron chi connectivity index (χ2n) is 3.79. The second kappa shape index (κ2) is 6.02. The molecule has 2 N–H and O–H groups in total. The molecule has 0 fully saturated rings. The molecule has 0 saturated heterocycles. The molecule has 0 atom stereocenters. The number of carbonyl (C=O) groups is 2. The van der Waals surface area contributed by atoms with Crippen LogP contribution in [0.2, 0.25) is 5.02 Å². The molecule has 1 amide bonds. The number of nitrogens with zero attached hydrogens (tertiary/aromatic N) is 1. The predicted octanol–water partition coefficient (Wildman–Crippen LogP) is 3.45. The number of hydrogen-bond donors (Lipinski definition) is 2. The Morgan fingerprint density at radius 3 is 2.75 bits per heavy atom. The normalized spacial score (nSPS) is 10.1. The van der Waals surface area contributed by atoms with E-state index in [2.05, 4.69) is 26.2 Å². The predicted molar refractivity (Wildman–Crippen MR) is 78.3 cm³/mol. The number of carboxylic acids is 1. The summed E-state index contributed by atoms with van der Waals surface area (Å²) in [5, 5.41) is 11.7. The molecule has 1 heterocycles. The molecule has 0 radical (unpaired) electrons. The first-order chi connectivity index (χ1) is 9.49. The Morgan fingerprint density at radius 2 is 2.05 bits per heavy atom. The van der Waals surface area contributed by atoms with Crippen molar-refractivity contribution in [3.05, 3.63) is 57.2 Å². The van der Waals surface area contributed by atoms with Crippen molar-refractivity contribution < 1.29 is 14.7 Å². The molecular weight excluding hydrogens is 348 g/mol. The molecule has 20 heavy (non-hydrogen) atoms. The van der Waals surface area contributed by atoms with Gasteiger partial charge >= 0.3 is 5.97 Å². The highest BCUT2D eigenvalue weighted by atomic mass is 79.9. The molecular formula is C13H8BrClN2O3. The van der Waals surface area contributed by atoms with E-state index in [4.69, 9.17) is 16.7 Å². The number of carboxylic acid groups (broad SMARTS) is 1. The summed E-state index contributed by atoms with van der Waals surface area (Å²) in [6.45, 7) is 0. The summed E-state index contributed by atoms with van der Waals surface area (Å²) < 4.78 is 0.596. The van der Waals surface area contributed by atoms with Crippen LogP contribution in [-0.2, 0) is 0 Å². The fraction of sp³-hybridized carbons (Fsp3) is 0. The van der Waals surface area contributed by atoms with Crippen molar-refractivity contribution in [2.45, 2.75) is 0 Å². The van der Waals surface area contributed by atoms with Gasteiger partial charge in [-0.2, -0.15) is 0 Å². The number of halogens is 2. The molecule has 5 nitrogen and oxygen atoms in total. The highest BCUT2D eigenvalue weighted by molar-refractivity contribution is 9.10. The number of nitrogens with one attached hydrogen (secondary N) is 1. The summed E-state index contributed by atoms with van der Waals surface area (Å²) in [6.07, 6.45) is 1.31. The molecule has 1 aromatic heterocycles. The van der Waals surface area contributed by atoms with Crippen LogP contribution in [0, 0.1) is 0 Å². The second-order valence-corrected chi connectivity index (χ2v) is 5.02. The van der Waals surface area contributed by atoms with E-state index in [1.165, 1.54) is 18.3 Å². The highest BCUT2D eigenvalue weighted by Crippen LogP contribution is 2.26. The first kappa shape index (κ1) is 14.5. The zero-order valence-electron chi connectivity index (χ0n) is 9.93. The van der Waals surface area contributed by atoms with Gasteiger partial charge in [-0.05, 0) is 40.2 Å². The van der Waals surface area contributed by atoms with Crippen LogP contribution < -0.4 is 5.32 Å². The smallest absolute Gasteiger partial charge is 0.335 e. The van der Waals surface area contributed by atoms with Crippen molar-refractivity contribution in [3.63, 3.8) is 0 Å². The first-order valence-corrected chi connectivity index (χ1v) is 6.61. The van der Waals surface area contributed by atoms with Gasteiger partial charge in [-0.15, -0.1) is 0 Å². The summed E-state index contributed by atoms with van der Waals surface area (Å²) in [6, 6.07) is 7.55. The minimum Gasteiger partial charge on any atom is -0.478 e. The van der Waals surface area contributed by atoms with Gasteiger partial charge in [0.05, 0.1) is 16.1 Å². The van der Waals surface area contributed by atoms with E-state index < -0.39 is 11.9 Å². The molecule has 0 bridgehead atoms. The van der Waals surface area contributed by atoms with E-state index in [1.807, 2.05) is 0 Å². The molecule has 2 aromatic rings. The highest BCUT2D eigenvalue weighted by Gasteiger charge is 2.13. The summed E-state index contributed by atoms with van der Waals surface area (Å²) in [5.41, 5.74) is 0.305. The van der Waals surface area contributed by atoms with Crippen molar-refractivity contribution in [1.82, 2.24) is 4.98 Å². The molecule has 102 valence electrons. The van der Waals surface area contributed by atoms with Crippen LogP contribution in [0.1, 0.15) is 20.7 Å². The van der Waals surface area contributed by atoms with Gasteiger partial charge < -0.3 is 10.4 Å². The van der Waals surface area contributed by atoms with Crippen molar-refractivity contribution in [2.75, 3.05) is 5.32 Å². The van der Waals surface area contributed by atoms with Crippen LogP contribution in [-0.4, -0.2) is 22.0 Å². The van der Waals surface area contributed by atoms with Gasteiger partial charge in [0.25, 0.3) is 5.91 Å². The Hall–Kier alpha value is -1.92. The summed E-state index contributed by atoms with van der Waals surface area (Å²) in [4.78, 5) is 26.8. The minimum atomic E-state index is -1.09.